The summed E-state index contributed by atoms with van der Waals surface area (Å²) in [7, 11) is 0. The summed E-state index contributed by atoms with van der Waals surface area (Å²) in [5, 5.41) is 1.10. The van der Waals surface area contributed by atoms with Crippen molar-refractivity contribution in [2.45, 2.75) is 32.7 Å². The normalized spacial score (nSPS) is 11.6. The summed E-state index contributed by atoms with van der Waals surface area (Å²) in [4.78, 5) is 29.0. The Kier molecular flexibility index (Phi) is 5.72. The molecule has 1 aromatic heterocycles. The zero-order chi connectivity index (χ0) is 20.2. The van der Waals surface area contributed by atoms with Gasteiger partial charge in [0.1, 0.15) is 11.4 Å². The molecular formula is C18H18F3N3O3. The number of hydrogen-bond acceptors (Lipinski definition) is 4. The first-order chi connectivity index (χ1) is 12.5. The fourth-order valence-corrected chi connectivity index (χ4v) is 2.11. The third-order valence-corrected chi connectivity index (χ3v) is 3.32. The molecule has 1 aromatic carbocycles. The van der Waals surface area contributed by atoms with Gasteiger partial charge >= 0.3 is 6.36 Å². The molecule has 0 aliphatic heterocycles. The number of amides is 2. The highest BCUT2D eigenvalue weighted by molar-refractivity contribution is 5.98. The van der Waals surface area contributed by atoms with E-state index in [9.17, 15) is 22.8 Å². The zero-order valence-electron chi connectivity index (χ0n) is 14.9. The number of nitrogens with zero attached hydrogens (tertiary/aromatic N) is 2. The Hall–Kier alpha value is -3.10. The number of hydrazine groups is 1. The van der Waals surface area contributed by atoms with Crippen LogP contribution in [0.3, 0.4) is 0 Å². The maximum atomic E-state index is 12.8. The van der Waals surface area contributed by atoms with Crippen LogP contribution >= 0.6 is 0 Å². The van der Waals surface area contributed by atoms with Crippen LogP contribution in [0.1, 0.15) is 41.6 Å². The van der Waals surface area contributed by atoms with Crippen LogP contribution in [-0.2, 0) is 0 Å². The van der Waals surface area contributed by atoms with Gasteiger partial charge in [0.05, 0.1) is 5.54 Å². The largest absolute Gasteiger partial charge is 0.573 e. The van der Waals surface area contributed by atoms with E-state index in [4.69, 9.17) is 0 Å². The summed E-state index contributed by atoms with van der Waals surface area (Å²) in [6.45, 7) is 5.10. The third kappa shape index (κ3) is 5.70. The molecule has 2 rings (SSSR count). The first-order valence-electron chi connectivity index (χ1n) is 7.90. The summed E-state index contributed by atoms with van der Waals surface area (Å²) in [5.74, 6) is -1.62. The van der Waals surface area contributed by atoms with Crippen molar-refractivity contribution >= 4 is 11.8 Å². The number of alkyl halides is 3. The summed E-state index contributed by atoms with van der Waals surface area (Å²) in [6.07, 6.45) is -3.38. The molecule has 0 aliphatic rings. The van der Waals surface area contributed by atoms with Crippen LogP contribution < -0.4 is 10.2 Å². The molecule has 144 valence electrons. The lowest BCUT2D eigenvalue weighted by Crippen LogP contribution is -2.56. The highest BCUT2D eigenvalue weighted by atomic mass is 19.4. The number of carbonyl (C=O) groups excluding carboxylic acids is 2. The first kappa shape index (κ1) is 20.2. The Balaban J connectivity index is 2.21. The van der Waals surface area contributed by atoms with Crippen LogP contribution in [0.5, 0.6) is 5.75 Å². The maximum absolute atomic E-state index is 12.8. The second-order valence-electron chi connectivity index (χ2n) is 6.54. The summed E-state index contributed by atoms with van der Waals surface area (Å²) >= 11 is 0. The van der Waals surface area contributed by atoms with Gasteiger partial charge in [-0.2, -0.15) is 0 Å². The Labute approximate surface area is 153 Å². The number of nitrogens with one attached hydrogen (secondary N) is 1. The van der Waals surface area contributed by atoms with Gasteiger partial charge in [-0.05, 0) is 57.2 Å². The van der Waals surface area contributed by atoms with Crippen LogP contribution in [-0.4, -0.2) is 33.7 Å². The summed E-state index contributed by atoms with van der Waals surface area (Å²) in [5.41, 5.74) is 1.90. The number of hydrogen-bond donors (Lipinski definition) is 1. The van der Waals surface area contributed by atoms with E-state index in [0.717, 1.165) is 17.1 Å². The smallest absolute Gasteiger partial charge is 0.406 e. The molecule has 9 heteroatoms. The molecule has 1 N–H and O–H groups in total. The lowest BCUT2D eigenvalue weighted by molar-refractivity contribution is -0.274. The van der Waals surface area contributed by atoms with Gasteiger partial charge in [-0.15, -0.1) is 13.2 Å². The Morgan fingerprint density at radius 3 is 2.15 bits per heavy atom. The number of halogens is 3. The molecule has 0 saturated carbocycles. The van der Waals surface area contributed by atoms with Crippen LogP contribution in [0, 0.1) is 0 Å². The van der Waals surface area contributed by atoms with E-state index >= 15 is 0 Å². The molecule has 6 nitrogen and oxygen atoms in total. The van der Waals surface area contributed by atoms with E-state index < -0.39 is 29.5 Å². The van der Waals surface area contributed by atoms with Crippen LogP contribution in [0.4, 0.5) is 13.2 Å². The third-order valence-electron chi connectivity index (χ3n) is 3.32. The second kappa shape index (κ2) is 7.65. The van der Waals surface area contributed by atoms with E-state index in [2.05, 4.69) is 15.1 Å². The maximum Gasteiger partial charge on any atom is 0.573 e. The fraction of sp³-hybridized carbons (Fsp3) is 0.278. The number of benzene rings is 1. The minimum Gasteiger partial charge on any atom is -0.406 e. The Morgan fingerprint density at radius 1 is 1.04 bits per heavy atom. The van der Waals surface area contributed by atoms with E-state index in [0.29, 0.717) is 0 Å². The Bertz CT molecular complexity index is 801. The topological polar surface area (TPSA) is 71.5 Å². The number of pyridine rings is 1. The second-order valence-corrected chi connectivity index (χ2v) is 6.54. The molecule has 0 unspecified atom stereocenters. The standard InChI is InChI=1S/C18H18F3N3O3/c1-17(2,3)24(23-15(25)14-6-4-5-11-22-14)16(26)12-7-9-13(10-8-12)27-18(19,20)21/h4-11H,1-3H3,(H,23,25). The van der Waals surface area contributed by atoms with E-state index in [1.165, 1.54) is 24.4 Å². The summed E-state index contributed by atoms with van der Waals surface area (Å²) in [6, 6.07) is 9.21. The van der Waals surface area contributed by atoms with Crippen molar-refractivity contribution in [3.63, 3.8) is 0 Å². The molecule has 2 aromatic rings. The van der Waals surface area contributed by atoms with Gasteiger partial charge in [0.2, 0.25) is 0 Å². The van der Waals surface area contributed by atoms with Crippen molar-refractivity contribution in [3.8, 4) is 5.75 Å². The van der Waals surface area contributed by atoms with Gasteiger partial charge in [0.15, 0.2) is 0 Å². The van der Waals surface area contributed by atoms with Crippen molar-refractivity contribution in [2.75, 3.05) is 0 Å². The SMILES string of the molecule is CC(C)(C)N(NC(=O)c1ccccn1)C(=O)c1ccc(OC(F)(F)F)cc1. The van der Waals surface area contributed by atoms with Crippen molar-refractivity contribution in [1.29, 1.82) is 0 Å². The van der Waals surface area contributed by atoms with Gasteiger partial charge in [0, 0.05) is 11.8 Å². The minimum absolute atomic E-state index is 0.0840. The summed E-state index contributed by atoms with van der Waals surface area (Å²) < 4.78 is 40.5. The monoisotopic (exact) mass is 381 g/mol. The van der Waals surface area contributed by atoms with Gasteiger partial charge in [-0.1, -0.05) is 6.07 Å². The van der Waals surface area contributed by atoms with Gasteiger partial charge < -0.3 is 4.74 Å². The van der Waals surface area contributed by atoms with Crippen LogP contribution in [0.25, 0.3) is 0 Å². The lowest BCUT2D eigenvalue weighted by Gasteiger charge is -2.35. The van der Waals surface area contributed by atoms with Gasteiger partial charge in [-0.3, -0.25) is 20.0 Å². The predicted octanol–water partition coefficient (Wildman–Crippen LogP) is 3.57. The van der Waals surface area contributed by atoms with Crippen molar-refractivity contribution < 1.29 is 27.5 Å². The van der Waals surface area contributed by atoms with E-state index in [1.54, 1.807) is 32.9 Å². The van der Waals surface area contributed by atoms with Crippen molar-refractivity contribution in [1.82, 2.24) is 15.4 Å². The van der Waals surface area contributed by atoms with Crippen LogP contribution in [0.15, 0.2) is 48.7 Å². The zero-order valence-corrected chi connectivity index (χ0v) is 14.9. The molecule has 0 fully saturated rings. The highest BCUT2D eigenvalue weighted by Gasteiger charge is 2.32. The number of aromatic nitrogens is 1. The number of rotatable bonds is 3. The predicted molar refractivity (Wildman–Crippen MR) is 90.8 cm³/mol. The van der Waals surface area contributed by atoms with E-state index in [-0.39, 0.29) is 11.3 Å². The molecule has 27 heavy (non-hydrogen) atoms. The van der Waals surface area contributed by atoms with Crippen molar-refractivity contribution in [2.24, 2.45) is 0 Å². The molecule has 0 spiro atoms. The Morgan fingerprint density at radius 2 is 1.67 bits per heavy atom. The van der Waals surface area contributed by atoms with Gasteiger partial charge in [0.25, 0.3) is 11.8 Å². The highest BCUT2D eigenvalue weighted by Crippen LogP contribution is 2.24. The number of ether oxygens (including phenoxy) is 1. The fourth-order valence-electron chi connectivity index (χ4n) is 2.11. The minimum atomic E-state index is -4.82. The molecule has 0 aliphatic carbocycles. The van der Waals surface area contributed by atoms with Gasteiger partial charge in [-0.25, -0.2) is 5.01 Å². The lowest BCUT2D eigenvalue weighted by atomic mass is 10.1. The average Bonchev–Trinajstić information content (AvgIpc) is 2.58. The molecule has 1 heterocycles. The molecule has 0 saturated heterocycles. The van der Waals surface area contributed by atoms with E-state index in [1.807, 2.05) is 0 Å². The number of carbonyl (C=O) groups is 2. The molecule has 0 bridgehead atoms. The molecular weight excluding hydrogens is 363 g/mol. The molecule has 2 amide bonds. The van der Waals surface area contributed by atoms with Crippen LogP contribution in [0.2, 0.25) is 0 Å². The van der Waals surface area contributed by atoms with Crippen molar-refractivity contribution in [3.05, 3.63) is 59.9 Å². The molecule has 0 atom stereocenters. The quantitative estimate of drug-likeness (QED) is 0.826. The molecule has 0 radical (unpaired) electrons. The first-order valence-corrected chi connectivity index (χ1v) is 7.90. The average molecular weight is 381 g/mol.